The molecule has 0 aliphatic heterocycles. The van der Waals surface area contributed by atoms with Gasteiger partial charge in [0.1, 0.15) is 0 Å². The lowest BCUT2D eigenvalue weighted by atomic mass is 10.3. The lowest BCUT2D eigenvalue weighted by Gasteiger charge is -2.14. The molecular weight excluding hydrogens is 142 g/mol. The van der Waals surface area contributed by atoms with Gasteiger partial charge in [0.2, 0.25) is 0 Å². The molecule has 0 atom stereocenters. The Bertz CT molecular complexity index is 91.3. The molecule has 2 heteroatoms. The Labute approximate surface area is 69.2 Å². The molecule has 0 saturated heterocycles. The van der Waals surface area contributed by atoms with Gasteiger partial charge in [0.25, 0.3) is 0 Å². The van der Waals surface area contributed by atoms with Crippen molar-refractivity contribution in [3.63, 3.8) is 0 Å². The maximum Gasteiger partial charge on any atom is 0.000661 e. The summed E-state index contributed by atoms with van der Waals surface area (Å²) in [4.78, 5) is 2.42. The molecule has 0 bridgehead atoms. The summed E-state index contributed by atoms with van der Waals surface area (Å²) in [6, 6.07) is 0. The fourth-order valence-electron chi connectivity index (χ4n) is 1.17. The largest absolute Gasteiger partial charge is 0.306 e. The van der Waals surface area contributed by atoms with E-state index < -0.39 is 0 Å². The van der Waals surface area contributed by atoms with E-state index >= 15 is 0 Å². The van der Waals surface area contributed by atoms with E-state index in [1.54, 1.807) is 0 Å². The maximum absolute atomic E-state index is 4.17. The van der Waals surface area contributed by atoms with Gasteiger partial charge >= 0.3 is 0 Å². The van der Waals surface area contributed by atoms with Crippen molar-refractivity contribution in [2.75, 3.05) is 25.9 Å². The van der Waals surface area contributed by atoms with Gasteiger partial charge in [-0.15, -0.1) is 0 Å². The van der Waals surface area contributed by atoms with Crippen LogP contribution in [0.2, 0.25) is 0 Å². The predicted octanol–water partition coefficient (Wildman–Crippen LogP) is 1.65. The smallest absolute Gasteiger partial charge is 0.000661 e. The van der Waals surface area contributed by atoms with E-state index in [0.29, 0.717) is 0 Å². The van der Waals surface area contributed by atoms with Gasteiger partial charge in [-0.3, -0.25) is 0 Å². The van der Waals surface area contributed by atoms with Gasteiger partial charge in [-0.2, -0.15) is 12.6 Å². The van der Waals surface area contributed by atoms with Crippen molar-refractivity contribution in [1.29, 1.82) is 0 Å². The molecule has 1 rings (SSSR count). The van der Waals surface area contributed by atoms with Gasteiger partial charge in [-0.25, -0.2) is 0 Å². The highest BCUT2D eigenvalue weighted by Crippen LogP contribution is 2.29. The lowest BCUT2D eigenvalue weighted by molar-refractivity contribution is 0.322. The van der Waals surface area contributed by atoms with E-state index in [2.05, 4.69) is 24.6 Å². The summed E-state index contributed by atoms with van der Waals surface area (Å²) in [6.07, 6.45) is 4.16. The van der Waals surface area contributed by atoms with Crippen molar-refractivity contribution < 1.29 is 0 Å². The molecule has 1 saturated carbocycles. The highest BCUT2D eigenvalue weighted by Gasteiger charge is 2.22. The first-order valence-electron chi connectivity index (χ1n) is 4.12. The molecule has 0 aromatic carbocycles. The van der Waals surface area contributed by atoms with E-state index in [9.17, 15) is 0 Å². The number of thiol groups is 1. The first-order chi connectivity index (χ1) is 4.83. The van der Waals surface area contributed by atoms with Crippen LogP contribution in [-0.2, 0) is 0 Å². The Morgan fingerprint density at radius 1 is 1.50 bits per heavy atom. The second kappa shape index (κ2) is 4.24. The average molecular weight is 159 g/mol. The minimum atomic E-state index is 1.02. The van der Waals surface area contributed by atoms with Gasteiger partial charge < -0.3 is 4.90 Å². The van der Waals surface area contributed by atoms with Gasteiger partial charge in [-0.1, -0.05) is 0 Å². The van der Waals surface area contributed by atoms with E-state index in [1.165, 1.54) is 32.4 Å². The Morgan fingerprint density at radius 2 is 2.20 bits per heavy atom. The first kappa shape index (κ1) is 8.41. The molecule has 0 heterocycles. The van der Waals surface area contributed by atoms with Crippen LogP contribution in [0.25, 0.3) is 0 Å². The zero-order chi connectivity index (χ0) is 7.40. The Balaban J connectivity index is 1.91. The molecule has 10 heavy (non-hydrogen) atoms. The first-order valence-corrected chi connectivity index (χ1v) is 4.75. The third-order valence-corrected chi connectivity index (χ3v) is 2.28. The third kappa shape index (κ3) is 3.47. The summed E-state index contributed by atoms with van der Waals surface area (Å²) in [5, 5.41) is 0. The van der Waals surface area contributed by atoms with Crippen LogP contribution in [0.4, 0.5) is 0 Å². The van der Waals surface area contributed by atoms with Gasteiger partial charge in [-0.05, 0) is 44.5 Å². The third-order valence-electron chi connectivity index (χ3n) is 1.96. The van der Waals surface area contributed by atoms with Crippen molar-refractivity contribution in [3.8, 4) is 0 Å². The fraction of sp³-hybridized carbons (Fsp3) is 1.00. The van der Waals surface area contributed by atoms with Crippen molar-refractivity contribution in [3.05, 3.63) is 0 Å². The fourth-order valence-corrected chi connectivity index (χ4v) is 1.31. The van der Waals surface area contributed by atoms with Crippen LogP contribution in [-0.4, -0.2) is 30.8 Å². The minimum Gasteiger partial charge on any atom is -0.306 e. The number of hydrogen-bond acceptors (Lipinski definition) is 2. The van der Waals surface area contributed by atoms with Crippen molar-refractivity contribution >= 4 is 12.6 Å². The van der Waals surface area contributed by atoms with Crippen LogP contribution in [0.5, 0.6) is 0 Å². The van der Waals surface area contributed by atoms with Crippen molar-refractivity contribution in [2.24, 2.45) is 5.92 Å². The molecule has 1 fully saturated rings. The Hall–Kier alpha value is 0.310. The van der Waals surface area contributed by atoms with Gasteiger partial charge in [0, 0.05) is 6.54 Å². The molecule has 1 aliphatic carbocycles. The summed E-state index contributed by atoms with van der Waals surface area (Å²) in [5.41, 5.74) is 0. The van der Waals surface area contributed by atoms with Crippen LogP contribution in [0.1, 0.15) is 19.3 Å². The molecule has 0 radical (unpaired) electrons. The summed E-state index contributed by atoms with van der Waals surface area (Å²) in [7, 11) is 2.21. The van der Waals surface area contributed by atoms with Gasteiger partial charge in [0.15, 0.2) is 0 Å². The molecule has 1 aliphatic rings. The predicted molar refractivity (Wildman–Crippen MR) is 48.7 cm³/mol. The lowest BCUT2D eigenvalue weighted by Crippen LogP contribution is -2.22. The van der Waals surface area contributed by atoms with Crippen LogP contribution in [0.15, 0.2) is 0 Å². The maximum atomic E-state index is 4.17. The molecular formula is C8H17NS. The van der Waals surface area contributed by atoms with Crippen LogP contribution < -0.4 is 0 Å². The van der Waals surface area contributed by atoms with Crippen molar-refractivity contribution in [1.82, 2.24) is 4.90 Å². The quantitative estimate of drug-likeness (QED) is 0.597. The Morgan fingerprint density at radius 3 is 2.70 bits per heavy atom. The number of hydrogen-bond donors (Lipinski definition) is 1. The Kier molecular flexibility index (Phi) is 3.57. The second-order valence-corrected chi connectivity index (χ2v) is 3.73. The van der Waals surface area contributed by atoms with E-state index in [0.717, 1.165) is 11.7 Å². The highest BCUT2D eigenvalue weighted by atomic mass is 32.1. The SMILES string of the molecule is CN(CCCS)CC1CC1. The molecule has 60 valence electrons. The summed E-state index contributed by atoms with van der Waals surface area (Å²) >= 11 is 4.17. The molecule has 0 aromatic heterocycles. The molecule has 0 N–H and O–H groups in total. The van der Waals surface area contributed by atoms with Crippen LogP contribution in [0.3, 0.4) is 0 Å². The van der Waals surface area contributed by atoms with E-state index in [-0.39, 0.29) is 0 Å². The molecule has 0 spiro atoms. The second-order valence-electron chi connectivity index (χ2n) is 3.28. The minimum absolute atomic E-state index is 1.02. The summed E-state index contributed by atoms with van der Waals surface area (Å²) in [5.74, 6) is 2.06. The van der Waals surface area contributed by atoms with Crippen LogP contribution in [0, 0.1) is 5.92 Å². The van der Waals surface area contributed by atoms with E-state index in [1.807, 2.05) is 0 Å². The molecule has 0 unspecified atom stereocenters. The number of nitrogens with zero attached hydrogens (tertiary/aromatic N) is 1. The summed E-state index contributed by atoms with van der Waals surface area (Å²) in [6.45, 7) is 2.54. The normalized spacial score (nSPS) is 18.3. The number of rotatable bonds is 5. The monoisotopic (exact) mass is 159 g/mol. The van der Waals surface area contributed by atoms with E-state index in [4.69, 9.17) is 0 Å². The summed E-state index contributed by atoms with van der Waals surface area (Å²) < 4.78 is 0. The highest BCUT2D eigenvalue weighted by molar-refractivity contribution is 7.80. The molecule has 1 nitrogen and oxygen atoms in total. The zero-order valence-corrected chi connectivity index (χ0v) is 7.61. The molecule has 0 aromatic rings. The van der Waals surface area contributed by atoms with Crippen LogP contribution >= 0.6 is 12.6 Å². The standard InChI is InChI=1S/C8H17NS/c1-9(5-2-6-10)7-8-3-4-8/h8,10H,2-7H2,1H3. The zero-order valence-electron chi connectivity index (χ0n) is 6.71. The van der Waals surface area contributed by atoms with Gasteiger partial charge in [0.05, 0.1) is 0 Å². The molecule has 0 amide bonds. The average Bonchev–Trinajstić information content (AvgIpc) is 2.67. The van der Waals surface area contributed by atoms with Crippen molar-refractivity contribution in [2.45, 2.75) is 19.3 Å². The topological polar surface area (TPSA) is 3.24 Å².